The van der Waals surface area contributed by atoms with Crippen molar-refractivity contribution in [1.82, 2.24) is 10.2 Å². The molecule has 5 heteroatoms. The number of hydrogen-bond acceptors (Lipinski definition) is 2. The van der Waals surface area contributed by atoms with Crippen LogP contribution >= 0.6 is 15.9 Å². The van der Waals surface area contributed by atoms with Crippen LogP contribution in [-0.2, 0) is 11.3 Å². The Hall–Kier alpha value is -1.07. The zero-order valence-electron chi connectivity index (χ0n) is 12.1. The molecule has 1 atom stereocenters. The summed E-state index contributed by atoms with van der Waals surface area (Å²) in [7, 11) is 3.88. The van der Waals surface area contributed by atoms with Gasteiger partial charge in [-0.1, -0.05) is 28.1 Å². The fourth-order valence-electron chi connectivity index (χ4n) is 2.30. The lowest BCUT2D eigenvalue weighted by atomic mass is 10.1. The first-order valence-corrected chi connectivity index (χ1v) is 7.72. The molecule has 1 aromatic carbocycles. The van der Waals surface area contributed by atoms with E-state index in [0.29, 0.717) is 5.92 Å². The van der Waals surface area contributed by atoms with Gasteiger partial charge < -0.3 is 15.0 Å². The van der Waals surface area contributed by atoms with E-state index in [1.54, 1.807) is 0 Å². The zero-order chi connectivity index (χ0) is 14.4. The molecule has 0 radical (unpaired) electrons. The van der Waals surface area contributed by atoms with Crippen molar-refractivity contribution in [3.63, 3.8) is 0 Å². The van der Waals surface area contributed by atoms with Crippen LogP contribution in [0, 0.1) is 5.92 Å². The summed E-state index contributed by atoms with van der Waals surface area (Å²) in [6, 6.07) is 8.38. The number of guanidine groups is 1. The molecule has 110 valence electrons. The van der Waals surface area contributed by atoms with Crippen molar-refractivity contribution in [3.05, 3.63) is 34.3 Å². The summed E-state index contributed by atoms with van der Waals surface area (Å²) in [4.78, 5) is 6.48. The number of aliphatic imine (C=N–C) groups is 1. The SMILES string of the molecule is CN=C(NC[C@H]1CCOC1)N(C)Cc1ccc(Br)cc1. The van der Waals surface area contributed by atoms with Gasteiger partial charge in [-0.2, -0.15) is 0 Å². The highest BCUT2D eigenvalue weighted by Crippen LogP contribution is 2.13. The molecule has 1 N–H and O–H groups in total. The second-order valence-corrected chi connectivity index (χ2v) is 6.06. The molecule has 1 aromatic rings. The average molecular weight is 340 g/mol. The van der Waals surface area contributed by atoms with E-state index in [1.165, 1.54) is 5.56 Å². The van der Waals surface area contributed by atoms with E-state index in [-0.39, 0.29) is 0 Å². The summed E-state index contributed by atoms with van der Waals surface area (Å²) >= 11 is 3.46. The molecule has 1 aliphatic rings. The highest BCUT2D eigenvalue weighted by molar-refractivity contribution is 9.10. The van der Waals surface area contributed by atoms with Gasteiger partial charge >= 0.3 is 0 Å². The smallest absolute Gasteiger partial charge is 0.193 e. The van der Waals surface area contributed by atoms with Crippen LogP contribution in [0.3, 0.4) is 0 Å². The predicted octanol–water partition coefficient (Wildman–Crippen LogP) is 2.49. The molecule has 1 fully saturated rings. The average Bonchev–Trinajstić information content (AvgIpc) is 2.95. The third-order valence-corrected chi connectivity index (χ3v) is 4.01. The highest BCUT2D eigenvalue weighted by Gasteiger charge is 2.16. The summed E-state index contributed by atoms with van der Waals surface area (Å²) in [5.41, 5.74) is 1.27. The molecule has 0 bridgehead atoms. The zero-order valence-corrected chi connectivity index (χ0v) is 13.7. The van der Waals surface area contributed by atoms with Gasteiger partial charge in [0.25, 0.3) is 0 Å². The Bertz CT molecular complexity index is 441. The van der Waals surface area contributed by atoms with Gasteiger partial charge in [-0.3, -0.25) is 4.99 Å². The summed E-state index contributed by atoms with van der Waals surface area (Å²) in [6.07, 6.45) is 1.14. The molecule has 1 saturated heterocycles. The fraction of sp³-hybridized carbons (Fsp3) is 0.533. The first-order chi connectivity index (χ1) is 9.69. The number of benzene rings is 1. The molecular formula is C15H22BrN3O. The van der Waals surface area contributed by atoms with Crippen molar-refractivity contribution in [2.45, 2.75) is 13.0 Å². The lowest BCUT2D eigenvalue weighted by Crippen LogP contribution is -2.40. The van der Waals surface area contributed by atoms with Crippen LogP contribution in [0.1, 0.15) is 12.0 Å². The van der Waals surface area contributed by atoms with Crippen LogP contribution in [-0.4, -0.2) is 44.7 Å². The van der Waals surface area contributed by atoms with Crippen molar-refractivity contribution < 1.29 is 4.74 Å². The second kappa shape index (κ2) is 7.64. The van der Waals surface area contributed by atoms with Crippen LogP contribution in [0.2, 0.25) is 0 Å². The molecule has 1 aliphatic heterocycles. The lowest BCUT2D eigenvalue weighted by Gasteiger charge is -2.23. The van der Waals surface area contributed by atoms with Crippen LogP contribution in [0.5, 0.6) is 0 Å². The van der Waals surface area contributed by atoms with Crippen LogP contribution < -0.4 is 5.32 Å². The summed E-state index contributed by atoms with van der Waals surface area (Å²) in [6.45, 7) is 3.52. The molecule has 4 nitrogen and oxygen atoms in total. The Morgan fingerprint density at radius 1 is 1.45 bits per heavy atom. The minimum Gasteiger partial charge on any atom is -0.381 e. The van der Waals surface area contributed by atoms with Crippen molar-refractivity contribution in [3.8, 4) is 0 Å². The van der Waals surface area contributed by atoms with Gasteiger partial charge in [0.1, 0.15) is 0 Å². The van der Waals surface area contributed by atoms with Gasteiger partial charge in [0.05, 0.1) is 6.61 Å². The third kappa shape index (κ3) is 4.49. The lowest BCUT2D eigenvalue weighted by molar-refractivity contribution is 0.186. The molecule has 1 heterocycles. The first-order valence-electron chi connectivity index (χ1n) is 6.93. The van der Waals surface area contributed by atoms with Gasteiger partial charge in [-0.05, 0) is 24.1 Å². The molecule has 0 aliphatic carbocycles. The van der Waals surface area contributed by atoms with E-state index in [0.717, 1.165) is 43.2 Å². The normalized spacial score (nSPS) is 19.1. The number of ether oxygens (including phenoxy) is 1. The maximum Gasteiger partial charge on any atom is 0.193 e. The summed E-state index contributed by atoms with van der Waals surface area (Å²) < 4.78 is 6.50. The molecule has 0 aromatic heterocycles. The number of rotatable bonds is 4. The highest BCUT2D eigenvalue weighted by atomic mass is 79.9. The van der Waals surface area contributed by atoms with Gasteiger partial charge in [-0.15, -0.1) is 0 Å². The minimum atomic E-state index is 0.604. The largest absolute Gasteiger partial charge is 0.381 e. The molecular weight excluding hydrogens is 318 g/mol. The van der Waals surface area contributed by atoms with Crippen molar-refractivity contribution >= 4 is 21.9 Å². The first kappa shape index (κ1) is 15.3. The van der Waals surface area contributed by atoms with Gasteiger partial charge in [-0.25, -0.2) is 0 Å². The standard InChI is InChI=1S/C15H22BrN3O/c1-17-15(18-9-13-7-8-20-11-13)19(2)10-12-3-5-14(16)6-4-12/h3-6,13H,7-11H2,1-2H3,(H,17,18)/t13-/m1/s1. The van der Waals surface area contributed by atoms with E-state index in [4.69, 9.17) is 4.74 Å². The van der Waals surface area contributed by atoms with Crippen LogP contribution in [0.25, 0.3) is 0 Å². The van der Waals surface area contributed by atoms with Crippen LogP contribution in [0.15, 0.2) is 33.7 Å². The van der Waals surface area contributed by atoms with Crippen LogP contribution in [0.4, 0.5) is 0 Å². The van der Waals surface area contributed by atoms with Gasteiger partial charge in [0, 0.05) is 44.2 Å². The second-order valence-electron chi connectivity index (χ2n) is 5.14. The third-order valence-electron chi connectivity index (χ3n) is 3.48. The van der Waals surface area contributed by atoms with Crippen molar-refractivity contribution in [2.24, 2.45) is 10.9 Å². The van der Waals surface area contributed by atoms with Gasteiger partial charge in [0.2, 0.25) is 0 Å². The quantitative estimate of drug-likeness (QED) is 0.676. The predicted molar refractivity (Wildman–Crippen MR) is 85.9 cm³/mol. The van der Waals surface area contributed by atoms with E-state index in [1.807, 2.05) is 7.05 Å². The molecule has 20 heavy (non-hydrogen) atoms. The fourth-order valence-corrected chi connectivity index (χ4v) is 2.57. The van der Waals surface area contributed by atoms with E-state index in [9.17, 15) is 0 Å². The maximum absolute atomic E-state index is 5.39. The Morgan fingerprint density at radius 3 is 2.80 bits per heavy atom. The molecule has 0 saturated carbocycles. The Balaban J connectivity index is 1.84. The van der Waals surface area contributed by atoms with Crippen molar-refractivity contribution in [1.29, 1.82) is 0 Å². The minimum absolute atomic E-state index is 0.604. The molecule has 0 spiro atoms. The monoisotopic (exact) mass is 339 g/mol. The Morgan fingerprint density at radius 2 is 2.20 bits per heavy atom. The summed E-state index contributed by atoms with van der Waals surface area (Å²) in [5, 5.41) is 3.43. The number of nitrogens with zero attached hydrogens (tertiary/aromatic N) is 2. The molecule has 2 rings (SSSR count). The number of nitrogens with one attached hydrogen (secondary N) is 1. The molecule has 0 unspecified atom stereocenters. The van der Waals surface area contributed by atoms with E-state index < -0.39 is 0 Å². The maximum atomic E-state index is 5.39. The summed E-state index contributed by atoms with van der Waals surface area (Å²) in [5.74, 6) is 1.53. The van der Waals surface area contributed by atoms with Gasteiger partial charge in [0.15, 0.2) is 5.96 Å². The molecule has 0 amide bonds. The van der Waals surface area contributed by atoms with Crippen molar-refractivity contribution in [2.75, 3.05) is 33.9 Å². The Labute approximate surface area is 129 Å². The van der Waals surface area contributed by atoms with E-state index >= 15 is 0 Å². The topological polar surface area (TPSA) is 36.9 Å². The number of hydrogen-bond donors (Lipinski definition) is 1. The Kier molecular flexibility index (Phi) is 5.86. The van der Waals surface area contributed by atoms with E-state index in [2.05, 4.69) is 62.5 Å². The number of halogens is 1.